The highest BCUT2D eigenvalue weighted by Gasteiger charge is 2.26. The predicted octanol–water partition coefficient (Wildman–Crippen LogP) is 3.67. The number of nitrogen functional groups attached to an aromatic ring is 1. The van der Waals surface area contributed by atoms with Gasteiger partial charge in [-0.3, -0.25) is 0 Å². The fourth-order valence-electron chi connectivity index (χ4n) is 2.92. The third-order valence-electron chi connectivity index (χ3n) is 4.15. The first kappa shape index (κ1) is 12.7. The van der Waals surface area contributed by atoms with Crippen LogP contribution in [0.2, 0.25) is 0 Å². The molecular formula is C15H21N3S. The molecule has 1 aliphatic rings. The molecule has 0 radical (unpaired) electrons. The van der Waals surface area contributed by atoms with Crippen LogP contribution in [0.1, 0.15) is 25.3 Å². The average Bonchev–Trinajstić information content (AvgIpc) is 2.92. The van der Waals surface area contributed by atoms with E-state index in [1.54, 1.807) is 11.3 Å². The van der Waals surface area contributed by atoms with Gasteiger partial charge in [-0.15, -0.1) is 11.3 Å². The van der Waals surface area contributed by atoms with Crippen molar-refractivity contribution in [3.05, 3.63) is 17.1 Å². The summed E-state index contributed by atoms with van der Waals surface area (Å²) in [6.07, 6.45) is 1.27. The normalized spacial score (nSPS) is 19.8. The number of thiazole rings is 1. The molecule has 2 aromatic rings. The summed E-state index contributed by atoms with van der Waals surface area (Å²) in [6, 6.07) is 4.24. The maximum Gasteiger partial charge on any atom is 0.0907 e. The second-order valence-electron chi connectivity index (χ2n) is 5.85. The lowest BCUT2D eigenvalue weighted by Crippen LogP contribution is -2.22. The van der Waals surface area contributed by atoms with Crippen molar-refractivity contribution in [1.82, 2.24) is 4.98 Å². The topological polar surface area (TPSA) is 42.2 Å². The van der Waals surface area contributed by atoms with Crippen LogP contribution < -0.4 is 10.6 Å². The lowest BCUT2D eigenvalue weighted by atomic mass is 9.95. The van der Waals surface area contributed by atoms with Gasteiger partial charge < -0.3 is 10.6 Å². The number of rotatable bonds is 2. The Labute approximate surface area is 118 Å². The molecule has 2 heterocycles. The maximum absolute atomic E-state index is 6.23. The van der Waals surface area contributed by atoms with Crippen molar-refractivity contribution in [2.75, 3.05) is 23.7 Å². The number of aryl methyl sites for hydroxylation is 1. The number of anilines is 2. The standard InChI is InChI=1S/C15H21N3S/c1-9(2)11-4-5-18(8-11)14-7-13-15(6-12(14)16)19-10(3)17-13/h6-7,9,11H,4-5,8,16H2,1-3H3. The van der Waals surface area contributed by atoms with Crippen LogP contribution in [0.5, 0.6) is 0 Å². The van der Waals surface area contributed by atoms with Gasteiger partial charge in [0, 0.05) is 13.1 Å². The van der Waals surface area contributed by atoms with Crippen molar-refractivity contribution >= 4 is 32.9 Å². The summed E-state index contributed by atoms with van der Waals surface area (Å²) in [5.74, 6) is 1.53. The summed E-state index contributed by atoms with van der Waals surface area (Å²) < 4.78 is 1.19. The van der Waals surface area contributed by atoms with E-state index < -0.39 is 0 Å². The number of nitrogens with zero attached hydrogens (tertiary/aromatic N) is 2. The van der Waals surface area contributed by atoms with E-state index in [1.165, 1.54) is 16.8 Å². The van der Waals surface area contributed by atoms with Crippen LogP contribution in [-0.2, 0) is 0 Å². The van der Waals surface area contributed by atoms with Crippen molar-refractivity contribution in [2.24, 2.45) is 11.8 Å². The van der Waals surface area contributed by atoms with Crippen molar-refractivity contribution in [1.29, 1.82) is 0 Å². The monoisotopic (exact) mass is 275 g/mol. The van der Waals surface area contributed by atoms with Gasteiger partial charge in [0.2, 0.25) is 0 Å². The highest BCUT2D eigenvalue weighted by Crippen LogP contribution is 2.35. The fourth-order valence-corrected chi connectivity index (χ4v) is 3.78. The molecule has 1 fully saturated rings. The summed E-state index contributed by atoms with van der Waals surface area (Å²) in [5.41, 5.74) is 9.37. The molecule has 0 amide bonds. The number of nitrogens with two attached hydrogens (primary N) is 1. The van der Waals surface area contributed by atoms with Crippen molar-refractivity contribution < 1.29 is 0 Å². The van der Waals surface area contributed by atoms with Crippen LogP contribution in [0.3, 0.4) is 0 Å². The van der Waals surface area contributed by atoms with E-state index in [0.717, 1.165) is 41.1 Å². The Morgan fingerprint density at radius 2 is 2.21 bits per heavy atom. The zero-order chi connectivity index (χ0) is 13.6. The minimum Gasteiger partial charge on any atom is -0.397 e. The van der Waals surface area contributed by atoms with Crippen molar-refractivity contribution in [2.45, 2.75) is 27.2 Å². The lowest BCUT2D eigenvalue weighted by molar-refractivity contribution is 0.423. The highest BCUT2D eigenvalue weighted by atomic mass is 32.1. The van der Waals surface area contributed by atoms with Gasteiger partial charge in [-0.1, -0.05) is 13.8 Å². The third-order valence-corrected chi connectivity index (χ3v) is 5.09. The molecular weight excluding hydrogens is 254 g/mol. The SMILES string of the molecule is Cc1nc2cc(N3CCC(C(C)C)C3)c(N)cc2s1. The van der Waals surface area contributed by atoms with E-state index in [2.05, 4.69) is 35.9 Å². The zero-order valence-electron chi connectivity index (χ0n) is 11.8. The largest absolute Gasteiger partial charge is 0.397 e. The van der Waals surface area contributed by atoms with E-state index in [-0.39, 0.29) is 0 Å². The number of hydrogen-bond donors (Lipinski definition) is 1. The third kappa shape index (κ3) is 2.29. The van der Waals surface area contributed by atoms with Gasteiger partial charge in [0.25, 0.3) is 0 Å². The van der Waals surface area contributed by atoms with Gasteiger partial charge in [0.1, 0.15) is 0 Å². The van der Waals surface area contributed by atoms with Gasteiger partial charge in [0.05, 0.1) is 26.6 Å². The van der Waals surface area contributed by atoms with E-state index in [0.29, 0.717) is 0 Å². The summed E-state index contributed by atoms with van der Waals surface area (Å²) in [5, 5.41) is 1.10. The average molecular weight is 275 g/mol. The molecule has 0 spiro atoms. The Hall–Kier alpha value is -1.29. The van der Waals surface area contributed by atoms with Gasteiger partial charge in [0.15, 0.2) is 0 Å². The second kappa shape index (κ2) is 4.67. The highest BCUT2D eigenvalue weighted by molar-refractivity contribution is 7.18. The Kier molecular flexibility index (Phi) is 3.13. The summed E-state index contributed by atoms with van der Waals surface area (Å²) in [6.45, 7) is 8.90. The predicted molar refractivity (Wildman–Crippen MR) is 83.9 cm³/mol. The number of hydrogen-bond acceptors (Lipinski definition) is 4. The first-order chi connectivity index (χ1) is 9.04. The Morgan fingerprint density at radius 1 is 1.42 bits per heavy atom. The summed E-state index contributed by atoms with van der Waals surface area (Å²) >= 11 is 1.71. The molecule has 0 saturated carbocycles. The van der Waals surface area contributed by atoms with Crippen molar-refractivity contribution in [3.63, 3.8) is 0 Å². The molecule has 1 saturated heterocycles. The van der Waals surface area contributed by atoms with Crippen LogP contribution in [0.15, 0.2) is 12.1 Å². The molecule has 3 nitrogen and oxygen atoms in total. The molecule has 1 aromatic heterocycles. The Bertz CT molecular complexity index is 603. The molecule has 0 bridgehead atoms. The van der Waals surface area contributed by atoms with Crippen LogP contribution in [-0.4, -0.2) is 18.1 Å². The molecule has 4 heteroatoms. The van der Waals surface area contributed by atoms with E-state index in [4.69, 9.17) is 5.73 Å². The number of aromatic nitrogens is 1. The van der Waals surface area contributed by atoms with Crippen LogP contribution in [0, 0.1) is 18.8 Å². The van der Waals surface area contributed by atoms with Gasteiger partial charge in [-0.2, -0.15) is 0 Å². The maximum atomic E-state index is 6.23. The molecule has 0 aliphatic carbocycles. The molecule has 1 aromatic carbocycles. The van der Waals surface area contributed by atoms with E-state index in [1.807, 2.05) is 6.92 Å². The van der Waals surface area contributed by atoms with Gasteiger partial charge in [-0.05, 0) is 37.3 Å². The van der Waals surface area contributed by atoms with Crippen LogP contribution >= 0.6 is 11.3 Å². The fraction of sp³-hybridized carbons (Fsp3) is 0.533. The zero-order valence-corrected chi connectivity index (χ0v) is 12.6. The smallest absolute Gasteiger partial charge is 0.0907 e. The van der Waals surface area contributed by atoms with Crippen molar-refractivity contribution in [3.8, 4) is 0 Å². The summed E-state index contributed by atoms with van der Waals surface area (Å²) in [7, 11) is 0. The van der Waals surface area contributed by atoms with Crippen LogP contribution in [0.25, 0.3) is 10.2 Å². The Balaban J connectivity index is 1.94. The van der Waals surface area contributed by atoms with Crippen LogP contribution in [0.4, 0.5) is 11.4 Å². The minimum atomic E-state index is 0.747. The minimum absolute atomic E-state index is 0.747. The molecule has 19 heavy (non-hydrogen) atoms. The first-order valence-corrected chi connectivity index (χ1v) is 7.78. The first-order valence-electron chi connectivity index (χ1n) is 6.96. The molecule has 1 unspecified atom stereocenters. The summed E-state index contributed by atoms with van der Waals surface area (Å²) in [4.78, 5) is 7.00. The number of benzene rings is 1. The second-order valence-corrected chi connectivity index (χ2v) is 7.09. The molecule has 102 valence electrons. The molecule has 2 N–H and O–H groups in total. The molecule has 1 aliphatic heterocycles. The molecule has 3 rings (SSSR count). The molecule has 1 atom stereocenters. The van der Waals surface area contributed by atoms with Gasteiger partial charge in [-0.25, -0.2) is 4.98 Å². The number of fused-ring (bicyclic) bond motifs is 1. The Morgan fingerprint density at radius 3 is 2.89 bits per heavy atom. The lowest BCUT2D eigenvalue weighted by Gasteiger charge is -2.21. The van der Waals surface area contributed by atoms with E-state index >= 15 is 0 Å². The van der Waals surface area contributed by atoms with Gasteiger partial charge >= 0.3 is 0 Å². The quantitative estimate of drug-likeness (QED) is 0.850. The van der Waals surface area contributed by atoms with E-state index in [9.17, 15) is 0 Å².